The van der Waals surface area contributed by atoms with Gasteiger partial charge in [-0.2, -0.15) is 4.39 Å². The topological polar surface area (TPSA) is 53.4 Å². The molecule has 1 N–H and O–H groups in total. The Balaban J connectivity index is 1.64. The zero-order chi connectivity index (χ0) is 18.1. The van der Waals surface area contributed by atoms with E-state index in [9.17, 15) is 14.3 Å². The van der Waals surface area contributed by atoms with Crippen LogP contribution in [-0.4, -0.2) is 33.5 Å². The second-order valence-corrected chi connectivity index (χ2v) is 7.37. The fraction of sp³-hybridized carbons (Fsp3) is 0.429. The lowest BCUT2D eigenvalue weighted by Gasteiger charge is -2.52. The fourth-order valence-corrected chi connectivity index (χ4v) is 4.69. The first kappa shape index (κ1) is 17.2. The number of rotatable bonds is 2. The highest BCUT2D eigenvalue weighted by atomic mass is 19.1. The summed E-state index contributed by atoms with van der Waals surface area (Å²) >= 11 is 0. The highest BCUT2D eigenvalue weighted by molar-refractivity contribution is 5.94. The van der Waals surface area contributed by atoms with Crippen molar-refractivity contribution in [1.29, 1.82) is 0 Å². The van der Waals surface area contributed by atoms with E-state index in [4.69, 9.17) is 0 Å². The number of fused-ring (bicyclic) bond motifs is 1. The highest BCUT2D eigenvalue weighted by Crippen LogP contribution is 2.47. The number of amides is 1. The predicted octanol–water partition coefficient (Wildman–Crippen LogP) is 3.51. The van der Waals surface area contributed by atoms with E-state index < -0.39 is 11.5 Å². The molecule has 0 bridgehead atoms. The number of hydrogen-bond acceptors (Lipinski definition) is 3. The molecule has 4 nitrogen and oxygen atoms in total. The zero-order valence-electron chi connectivity index (χ0n) is 14.6. The van der Waals surface area contributed by atoms with Crippen LogP contribution in [0.3, 0.4) is 0 Å². The lowest BCUT2D eigenvalue weighted by molar-refractivity contribution is -0.110. The van der Waals surface area contributed by atoms with E-state index in [0.717, 1.165) is 31.2 Å². The molecular formula is C21H23FN2O2. The maximum absolute atomic E-state index is 13.1. The average molecular weight is 354 g/mol. The van der Waals surface area contributed by atoms with Gasteiger partial charge in [-0.1, -0.05) is 43.2 Å². The smallest absolute Gasteiger partial charge is 0.255 e. The molecule has 2 aliphatic rings. The number of benzene rings is 1. The van der Waals surface area contributed by atoms with Crippen molar-refractivity contribution >= 4 is 5.91 Å². The number of aliphatic hydroxyl groups is 1. The number of halogens is 1. The van der Waals surface area contributed by atoms with Gasteiger partial charge in [-0.25, -0.2) is 4.98 Å². The zero-order valence-corrected chi connectivity index (χ0v) is 14.6. The largest absolute Gasteiger partial charge is 0.385 e. The van der Waals surface area contributed by atoms with Gasteiger partial charge in [-0.15, -0.1) is 0 Å². The molecule has 1 aliphatic carbocycles. The molecule has 2 heterocycles. The van der Waals surface area contributed by atoms with Gasteiger partial charge >= 0.3 is 0 Å². The molecule has 2 fully saturated rings. The number of piperidine rings is 1. The Morgan fingerprint density at radius 2 is 1.92 bits per heavy atom. The van der Waals surface area contributed by atoms with E-state index in [-0.39, 0.29) is 17.9 Å². The number of hydrogen-bond donors (Lipinski definition) is 1. The molecule has 5 heteroatoms. The summed E-state index contributed by atoms with van der Waals surface area (Å²) in [5.74, 6) is -0.691. The molecule has 1 aromatic heterocycles. The molecule has 136 valence electrons. The van der Waals surface area contributed by atoms with Gasteiger partial charge in [-0.05, 0) is 37.0 Å². The fourth-order valence-electron chi connectivity index (χ4n) is 4.69. The lowest BCUT2D eigenvalue weighted by Crippen LogP contribution is -2.59. The minimum absolute atomic E-state index is 0.000240. The van der Waals surface area contributed by atoms with Gasteiger partial charge < -0.3 is 10.0 Å². The number of aromatic nitrogens is 1. The normalized spacial score (nSPS) is 28.5. The van der Waals surface area contributed by atoms with Gasteiger partial charge in [0.25, 0.3) is 5.91 Å². The van der Waals surface area contributed by atoms with Crippen molar-refractivity contribution in [3.63, 3.8) is 0 Å². The summed E-state index contributed by atoms with van der Waals surface area (Å²) in [6.07, 6.45) is 5.72. The van der Waals surface area contributed by atoms with E-state index in [2.05, 4.69) is 4.98 Å². The first-order valence-electron chi connectivity index (χ1n) is 9.30. The monoisotopic (exact) mass is 354 g/mol. The van der Waals surface area contributed by atoms with Crippen LogP contribution in [0.25, 0.3) is 0 Å². The summed E-state index contributed by atoms with van der Waals surface area (Å²) in [4.78, 5) is 18.5. The number of nitrogens with zero attached hydrogens (tertiary/aromatic N) is 2. The summed E-state index contributed by atoms with van der Waals surface area (Å²) in [5, 5.41) is 11.5. The van der Waals surface area contributed by atoms with Crippen LogP contribution < -0.4 is 0 Å². The van der Waals surface area contributed by atoms with Crippen LogP contribution >= 0.6 is 0 Å². The molecule has 2 aromatic rings. The summed E-state index contributed by atoms with van der Waals surface area (Å²) in [6, 6.07) is 12.5. The van der Waals surface area contributed by atoms with Crippen molar-refractivity contribution in [2.45, 2.75) is 43.7 Å². The van der Waals surface area contributed by atoms with Crippen molar-refractivity contribution in [1.82, 2.24) is 9.88 Å². The highest BCUT2D eigenvalue weighted by Gasteiger charge is 2.50. The van der Waals surface area contributed by atoms with Gasteiger partial charge in [0.2, 0.25) is 5.95 Å². The molecule has 1 unspecified atom stereocenters. The molecule has 1 amide bonds. The quantitative estimate of drug-likeness (QED) is 0.840. The van der Waals surface area contributed by atoms with Gasteiger partial charge in [0.15, 0.2) is 0 Å². The van der Waals surface area contributed by atoms with E-state index in [1.165, 1.54) is 18.3 Å². The average Bonchev–Trinajstić information content (AvgIpc) is 2.69. The third kappa shape index (κ3) is 2.90. The van der Waals surface area contributed by atoms with Crippen LogP contribution in [0.1, 0.15) is 48.0 Å². The van der Waals surface area contributed by atoms with Gasteiger partial charge in [0.1, 0.15) is 0 Å². The summed E-state index contributed by atoms with van der Waals surface area (Å²) in [5.41, 5.74) is 0.442. The van der Waals surface area contributed by atoms with E-state index in [0.29, 0.717) is 18.5 Å². The Labute approximate surface area is 152 Å². The van der Waals surface area contributed by atoms with E-state index in [1.807, 2.05) is 35.2 Å². The van der Waals surface area contributed by atoms with Crippen LogP contribution in [0.4, 0.5) is 4.39 Å². The minimum atomic E-state index is -0.899. The molecular weight excluding hydrogens is 331 g/mol. The number of carbonyl (C=O) groups is 1. The van der Waals surface area contributed by atoms with Crippen LogP contribution in [0.5, 0.6) is 0 Å². The summed E-state index contributed by atoms with van der Waals surface area (Å²) in [7, 11) is 0. The third-order valence-corrected chi connectivity index (χ3v) is 5.99. The number of likely N-dealkylation sites (tertiary alicyclic amines) is 1. The van der Waals surface area contributed by atoms with E-state index >= 15 is 0 Å². The first-order chi connectivity index (χ1) is 12.6. The van der Waals surface area contributed by atoms with E-state index in [1.54, 1.807) is 0 Å². The molecule has 1 saturated heterocycles. The SMILES string of the molecule is O=C(c1ccc(F)nc1)N1CCC(O)(c2ccccc2)[C@@H]2CCCC[C@@H]21. The van der Waals surface area contributed by atoms with Crippen molar-refractivity contribution in [2.24, 2.45) is 5.92 Å². The maximum Gasteiger partial charge on any atom is 0.255 e. The Bertz CT molecular complexity index is 780. The number of pyridine rings is 1. The summed E-state index contributed by atoms with van der Waals surface area (Å²) < 4.78 is 13.1. The maximum atomic E-state index is 13.1. The van der Waals surface area contributed by atoms with Gasteiger partial charge in [0.05, 0.1) is 11.2 Å². The third-order valence-electron chi connectivity index (χ3n) is 5.99. The van der Waals surface area contributed by atoms with Gasteiger partial charge in [0, 0.05) is 24.7 Å². The molecule has 1 aromatic carbocycles. The molecule has 1 aliphatic heterocycles. The minimum Gasteiger partial charge on any atom is -0.385 e. The lowest BCUT2D eigenvalue weighted by atomic mass is 9.66. The van der Waals surface area contributed by atoms with Crippen molar-refractivity contribution in [3.8, 4) is 0 Å². The van der Waals surface area contributed by atoms with Crippen LogP contribution in [0.2, 0.25) is 0 Å². The van der Waals surface area contributed by atoms with Crippen LogP contribution in [-0.2, 0) is 5.60 Å². The standard InChI is InChI=1S/C21H23FN2O2/c22-19-11-10-15(14-23-19)20(25)24-13-12-21(26,16-6-2-1-3-7-16)17-8-4-5-9-18(17)24/h1-3,6-7,10-11,14,17-18,26H,4-5,8-9,12-13H2/t17-,18+,21?/m1/s1. The van der Waals surface area contributed by atoms with Crippen molar-refractivity contribution < 1.29 is 14.3 Å². The molecule has 0 radical (unpaired) electrons. The summed E-state index contributed by atoms with van der Waals surface area (Å²) in [6.45, 7) is 0.489. The van der Waals surface area contributed by atoms with Crippen molar-refractivity contribution in [2.75, 3.05) is 6.54 Å². The molecule has 0 spiro atoms. The first-order valence-corrected chi connectivity index (χ1v) is 9.30. The number of carbonyl (C=O) groups excluding carboxylic acids is 1. The Morgan fingerprint density at radius 3 is 2.65 bits per heavy atom. The Kier molecular flexibility index (Phi) is 4.49. The molecule has 4 rings (SSSR count). The second-order valence-electron chi connectivity index (χ2n) is 7.37. The molecule has 26 heavy (non-hydrogen) atoms. The van der Waals surface area contributed by atoms with Crippen molar-refractivity contribution in [3.05, 3.63) is 65.7 Å². The van der Waals surface area contributed by atoms with Crippen LogP contribution in [0.15, 0.2) is 48.7 Å². The molecule has 1 saturated carbocycles. The Hall–Kier alpha value is -2.27. The Morgan fingerprint density at radius 1 is 1.15 bits per heavy atom. The second kappa shape index (κ2) is 6.80. The van der Waals surface area contributed by atoms with Crippen LogP contribution in [0, 0.1) is 11.9 Å². The molecule has 3 atom stereocenters. The predicted molar refractivity (Wildman–Crippen MR) is 95.9 cm³/mol. The van der Waals surface area contributed by atoms with Gasteiger partial charge in [-0.3, -0.25) is 4.79 Å².